The quantitative estimate of drug-likeness (QED) is 0.682. The summed E-state index contributed by atoms with van der Waals surface area (Å²) in [4.78, 5) is 37.8. The summed E-state index contributed by atoms with van der Waals surface area (Å²) in [5.41, 5.74) is 1.05. The van der Waals surface area contributed by atoms with Crippen molar-refractivity contribution in [3.05, 3.63) is 59.2 Å². The Balaban J connectivity index is 1.56. The molecule has 0 aromatic heterocycles. The molecular weight excluding hydrogens is 400 g/mol. The molecule has 8 heteroatoms. The van der Waals surface area contributed by atoms with E-state index in [0.717, 1.165) is 5.56 Å². The highest BCUT2D eigenvalue weighted by atomic mass is 16.6. The Kier molecular flexibility index (Phi) is 6.48. The second kappa shape index (κ2) is 9.07. The molecule has 1 heterocycles. The molecule has 0 radical (unpaired) electrons. The molecule has 1 N–H and O–H groups in total. The van der Waals surface area contributed by atoms with E-state index < -0.39 is 11.7 Å². The van der Waals surface area contributed by atoms with Crippen LogP contribution >= 0.6 is 0 Å². The maximum atomic E-state index is 12.4. The van der Waals surface area contributed by atoms with E-state index in [4.69, 9.17) is 14.2 Å². The molecule has 31 heavy (non-hydrogen) atoms. The maximum Gasteiger partial charge on any atom is 0.407 e. The van der Waals surface area contributed by atoms with Gasteiger partial charge in [-0.05, 0) is 50.6 Å². The van der Waals surface area contributed by atoms with Crippen LogP contribution in [0.5, 0.6) is 11.5 Å². The highest BCUT2D eigenvalue weighted by molar-refractivity contribution is 6.21. The lowest BCUT2D eigenvalue weighted by atomic mass is 10.1. The Bertz CT molecular complexity index is 961. The van der Waals surface area contributed by atoms with Crippen molar-refractivity contribution < 1.29 is 28.6 Å². The van der Waals surface area contributed by atoms with Gasteiger partial charge < -0.3 is 19.5 Å². The molecule has 1 aliphatic heterocycles. The average Bonchev–Trinajstić information content (AvgIpc) is 2.96. The van der Waals surface area contributed by atoms with Gasteiger partial charge in [-0.15, -0.1) is 0 Å². The Labute approximate surface area is 181 Å². The van der Waals surface area contributed by atoms with Gasteiger partial charge in [-0.2, -0.15) is 0 Å². The minimum Gasteiger partial charge on any atom is -0.493 e. The Morgan fingerprint density at radius 3 is 2.23 bits per heavy atom. The van der Waals surface area contributed by atoms with Gasteiger partial charge in [-0.25, -0.2) is 4.79 Å². The third-order valence-corrected chi connectivity index (χ3v) is 4.51. The van der Waals surface area contributed by atoms with Gasteiger partial charge in [0.15, 0.2) is 11.5 Å². The van der Waals surface area contributed by atoms with E-state index in [1.165, 1.54) is 12.0 Å². The van der Waals surface area contributed by atoms with Gasteiger partial charge in [0.05, 0.1) is 24.8 Å². The molecule has 8 nitrogen and oxygen atoms in total. The zero-order chi connectivity index (χ0) is 22.6. The fraction of sp³-hybridized carbons (Fsp3) is 0.348. The summed E-state index contributed by atoms with van der Waals surface area (Å²) in [5.74, 6) is 0.311. The minimum absolute atomic E-state index is 0.122. The van der Waals surface area contributed by atoms with Crippen LogP contribution in [0.25, 0.3) is 0 Å². The molecule has 0 fully saturated rings. The van der Waals surface area contributed by atoms with E-state index in [2.05, 4.69) is 5.32 Å². The fourth-order valence-electron chi connectivity index (χ4n) is 3.12. The van der Waals surface area contributed by atoms with E-state index in [0.29, 0.717) is 22.6 Å². The second-order valence-electron chi connectivity index (χ2n) is 8.00. The summed E-state index contributed by atoms with van der Waals surface area (Å²) in [6.07, 6.45) is -0.507. The molecular formula is C23H26N2O6. The highest BCUT2D eigenvalue weighted by Gasteiger charge is 2.34. The standard InChI is InChI=1S/C23H26N2O6/c1-23(2,3)31-22(28)24-14-15-9-10-18(19(13-15)29-4)30-12-11-25-20(26)16-7-5-6-8-17(16)21(25)27/h5-10,13H,11-12,14H2,1-4H3,(H,24,28). The summed E-state index contributed by atoms with van der Waals surface area (Å²) < 4.78 is 16.3. The SMILES string of the molecule is COc1cc(CNC(=O)OC(C)(C)C)ccc1OCCN1C(=O)c2ccccc2C1=O. The van der Waals surface area contributed by atoms with Gasteiger partial charge in [0.1, 0.15) is 12.2 Å². The molecule has 3 amide bonds. The van der Waals surface area contributed by atoms with Crippen molar-refractivity contribution in [1.29, 1.82) is 0 Å². The van der Waals surface area contributed by atoms with Gasteiger partial charge in [-0.1, -0.05) is 18.2 Å². The lowest BCUT2D eigenvalue weighted by Gasteiger charge is -2.20. The first-order chi connectivity index (χ1) is 14.7. The molecule has 0 spiro atoms. The summed E-state index contributed by atoms with van der Waals surface area (Å²) in [5, 5.41) is 2.69. The van der Waals surface area contributed by atoms with Crippen LogP contribution < -0.4 is 14.8 Å². The number of amides is 3. The van der Waals surface area contributed by atoms with Crippen LogP contribution in [-0.4, -0.2) is 48.7 Å². The van der Waals surface area contributed by atoms with E-state index in [1.54, 1.807) is 63.2 Å². The number of hydrogen-bond acceptors (Lipinski definition) is 6. The van der Waals surface area contributed by atoms with Crippen LogP contribution in [0, 0.1) is 0 Å². The molecule has 0 bridgehead atoms. The number of imide groups is 1. The Morgan fingerprint density at radius 1 is 1.00 bits per heavy atom. The zero-order valence-corrected chi connectivity index (χ0v) is 18.1. The van der Waals surface area contributed by atoms with Crippen molar-refractivity contribution in [3.8, 4) is 11.5 Å². The molecule has 164 valence electrons. The van der Waals surface area contributed by atoms with Crippen LogP contribution in [0.2, 0.25) is 0 Å². The lowest BCUT2D eigenvalue weighted by molar-refractivity contribution is 0.0522. The number of rotatable bonds is 7. The third kappa shape index (κ3) is 5.33. The van der Waals surface area contributed by atoms with Gasteiger partial charge in [0, 0.05) is 6.54 Å². The van der Waals surface area contributed by atoms with Crippen LogP contribution in [-0.2, 0) is 11.3 Å². The summed E-state index contributed by atoms with van der Waals surface area (Å²) >= 11 is 0. The monoisotopic (exact) mass is 426 g/mol. The number of nitrogens with zero attached hydrogens (tertiary/aromatic N) is 1. The number of benzene rings is 2. The van der Waals surface area contributed by atoms with Crippen molar-refractivity contribution >= 4 is 17.9 Å². The number of nitrogens with one attached hydrogen (secondary N) is 1. The van der Waals surface area contributed by atoms with Crippen molar-refractivity contribution in [2.45, 2.75) is 32.9 Å². The molecule has 0 unspecified atom stereocenters. The smallest absolute Gasteiger partial charge is 0.407 e. The van der Waals surface area contributed by atoms with Crippen molar-refractivity contribution in [2.75, 3.05) is 20.3 Å². The second-order valence-corrected chi connectivity index (χ2v) is 8.00. The number of ether oxygens (including phenoxy) is 3. The number of hydrogen-bond donors (Lipinski definition) is 1. The number of carbonyl (C=O) groups is 3. The highest BCUT2D eigenvalue weighted by Crippen LogP contribution is 2.28. The number of fused-ring (bicyclic) bond motifs is 1. The molecule has 0 aliphatic carbocycles. The third-order valence-electron chi connectivity index (χ3n) is 4.51. The van der Waals surface area contributed by atoms with Gasteiger partial charge >= 0.3 is 6.09 Å². The topological polar surface area (TPSA) is 94.2 Å². The average molecular weight is 426 g/mol. The normalized spacial score (nSPS) is 13.1. The predicted molar refractivity (Wildman–Crippen MR) is 113 cm³/mol. The molecule has 0 atom stereocenters. The Morgan fingerprint density at radius 2 is 1.65 bits per heavy atom. The number of methoxy groups -OCH3 is 1. The largest absolute Gasteiger partial charge is 0.493 e. The first kappa shape index (κ1) is 22.1. The summed E-state index contributed by atoms with van der Waals surface area (Å²) in [6, 6.07) is 12.0. The first-order valence-electron chi connectivity index (χ1n) is 9.91. The van der Waals surface area contributed by atoms with E-state index in [1.807, 2.05) is 0 Å². The predicted octanol–water partition coefficient (Wildman–Crippen LogP) is 3.39. The van der Waals surface area contributed by atoms with Crippen LogP contribution in [0.4, 0.5) is 4.79 Å². The fourth-order valence-corrected chi connectivity index (χ4v) is 3.12. The van der Waals surface area contributed by atoms with Crippen LogP contribution in [0.1, 0.15) is 47.1 Å². The molecule has 2 aromatic carbocycles. The number of carbonyl (C=O) groups excluding carboxylic acids is 3. The van der Waals surface area contributed by atoms with Crippen LogP contribution in [0.15, 0.2) is 42.5 Å². The van der Waals surface area contributed by atoms with E-state index in [9.17, 15) is 14.4 Å². The van der Waals surface area contributed by atoms with Gasteiger partial charge in [0.25, 0.3) is 11.8 Å². The van der Waals surface area contributed by atoms with Crippen molar-refractivity contribution in [1.82, 2.24) is 10.2 Å². The van der Waals surface area contributed by atoms with Crippen molar-refractivity contribution in [3.63, 3.8) is 0 Å². The molecule has 0 saturated carbocycles. The summed E-state index contributed by atoms with van der Waals surface area (Å²) in [7, 11) is 1.51. The van der Waals surface area contributed by atoms with Crippen LogP contribution in [0.3, 0.4) is 0 Å². The molecule has 0 saturated heterocycles. The minimum atomic E-state index is -0.570. The zero-order valence-electron chi connectivity index (χ0n) is 18.1. The molecule has 2 aromatic rings. The summed E-state index contributed by atoms with van der Waals surface area (Å²) in [6.45, 7) is 5.90. The van der Waals surface area contributed by atoms with E-state index in [-0.39, 0.29) is 31.5 Å². The lowest BCUT2D eigenvalue weighted by Crippen LogP contribution is -2.33. The number of alkyl carbamates (subject to hydrolysis) is 1. The van der Waals surface area contributed by atoms with Crippen molar-refractivity contribution in [2.24, 2.45) is 0 Å². The Hall–Kier alpha value is -3.55. The van der Waals surface area contributed by atoms with E-state index >= 15 is 0 Å². The molecule has 1 aliphatic rings. The van der Waals surface area contributed by atoms with Gasteiger partial charge in [-0.3, -0.25) is 14.5 Å². The maximum absolute atomic E-state index is 12.4. The molecule has 3 rings (SSSR count). The van der Waals surface area contributed by atoms with Gasteiger partial charge in [0.2, 0.25) is 0 Å². The first-order valence-corrected chi connectivity index (χ1v) is 9.91.